The molecule has 0 saturated heterocycles. The van der Waals surface area contributed by atoms with Gasteiger partial charge in [-0.05, 0) is 38.8 Å². The summed E-state index contributed by atoms with van der Waals surface area (Å²) < 4.78 is 1.97. The normalized spacial score (nSPS) is 21.3. The van der Waals surface area contributed by atoms with Crippen LogP contribution >= 0.6 is 0 Å². The molecule has 9 heteroatoms. The van der Waals surface area contributed by atoms with Crippen molar-refractivity contribution in [3.63, 3.8) is 0 Å². The van der Waals surface area contributed by atoms with Gasteiger partial charge in [0.1, 0.15) is 11.5 Å². The van der Waals surface area contributed by atoms with Crippen LogP contribution < -0.4 is 10.6 Å². The van der Waals surface area contributed by atoms with E-state index in [4.69, 9.17) is 0 Å². The third-order valence-electron chi connectivity index (χ3n) is 5.52. The fraction of sp³-hybridized carbons (Fsp3) is 0.350. The zero-order valence-electron chi connectivity index (χ0n) is 16.5. The molecule has 0 bridgehead atoms. The lowest BCUT2D eigenvalue weighted by molar-refractivity contribution is -0.121. The summed E-state index contributed by atoms with van der Waals surface area (Å²) in [5, 5.41) is 15.6. The van der Waals surface area contributed by atoms with Crippen molar-refractivity contribution in [3.8, 4) is 11.1 Å². The number of hydrogen-bond acceptors (Lipinski definition) is 6. The van der Waals surface area contributed by atoms with Gasteiger partial charge >= 0.3 is 0 Å². The molecule has 5 rings (SSSR count). The van der Waals surface area contributed by atoms with Crippen molar-refractivity contribution in [2.75, 3.05) is 5.32 Å². The number of aromatic amines is 1. The van der Waals surface area contributed by atoms with E-state index in [0.717, 1.165) is 46.5 Å². The van der Waals surface area contributed by atoms with Crippen LogP contribution in [0.5, 0.6) is 0 Å². The molecule has 148 valence electrons. The van der Waals surface area contributed by atoms with Crippen LogP contribution in [0.25, 0.3) is 27.8 Å². The first-order valence-electron chi connectivity index (χ1n) is 9.61. The molecule has 0 aromatic carbocycles. The number of anilines is 1. The van der Waals surface area contributed by atoms with E-state index in [-0.39, 0.29) is 17.5 Å². The summed E-state index contributed by atoms with van der Waals surface area (Å²) in [5.74, 6) is 1.43. The van der Waals surface area contributed by atoms with Gasteiger partial charge in [-0.3, -0.25) is 9.20 Å². The summed E-state index contributed by atoms with van der Waals surface area (Å²) in [6.45, 7) is 5.54. The number of pyridine rings is 1. The molecule has 4 heterocycles. The van der Waals surface area contributed by atoms with Gasteiger partial charge in [-0.1, -0.05) is 0 Å². The van der Waals surface area contributed by atoms with Gasteiger partial charge in [0, 0.05) is 53.6 Å². The van der Waals surface area contributed by atoms with Crippen molar-refractivity contribution >= 4 is 28.5 Å². The molecular weight excluding hydrogens is 368 g/mol. The predicted molar refractivity (Wildman–Crippen MR) is 109 cm³/mol. The molecule has 0 unspecified atom stereocenters. The second kappa shape index (κ2) is 6.26. The van der Waals surface area contributed by atoms with Gasteiger partial charge in [-0.25, -0.2) is 4.98 Å². The van der Waals surface area contributed by atoms with Crippen LogP contribution in [0.2, 0.25) is 0 Å². The Labute approximate surface area is 167 Å². The quantitative estimate of drug-likeness (QED) is 0.493. The van der Waals surface area contributed by atoms with Crippen LogP contribution in [0.4, 0.5) is 5.95 Å². The van der Waals surface area contributed by atoms with Crippen molar-refractivity contribution in [1.29, 1.82) is 0 Å². The maximum absolute atomic E-state index is 11.3. The molecule has 4 aromatic rings. The molecule has 9 nitrogen and oxygen atoms in total. The first kappa shape index (κ1) is 17.6. The molecule has 0 spiro atoms. The van der Waals surface area contributed by atoms with Gasteiger partial charge in [0.25, 0.3) is 0 Å². The number of hydrogen-bond donors (Lipinski definition) is 3. The Morgan fingerprint density at radius 1 is 1.31 bits per heavy atom. The fourth-order valence-corrected chi connectivity index (χ4v) is 4.22. The highest BCUT2D eigenvalue weighted by molar-refractivity contribution is 5.93. The van der Waals surface area contributed by atoms with Gasteiger partial charge in [0.2, 0.25) is 11.9 Å². The molecule has 1 aliphatic rings. The number of amides is 1. The second-order valence-corrected chi connectivity index (χ2v) is 8.04. The highest BCUT2D eigenvalue weighted by Crippen LogP contribution is 2.34. The Morgan fingerprint density at radius 2 is 2.14 bits per heavy atom. The summed E-state index contributed by atoms with van der Waals surface area (Å²) in [6.07, 6.45) is 7.51. The minimum absolute atomic E-state index is 0.00221. The van der Waals surface area contributed by atoms with E-state index in [2.05, 4.69) is 42.7 Å². The molecule has 4 aromatic heterocycles. The fourth-order valence-electron chi connectivity index (χ4n) is 4.22. The Balaban J connectivity index is 1.37. The smallest absolute Gasteiger partial charge is 0.224 e. The van der Waals surface area contributed by atoms with E-state index in [0.29, 0.717) is 5.95 Å². The van der Waals surface area contributed by atoms with Gasteiger partial charge in [0.05, 0.1) is 0 Å². The number of rotatable bonds is 4. The SMILES string of the molecule is CC(=O)N[C@]1(C)C[C@H](Nc2ncc3c(-c4ccc5nnc(C)n5c4)c[nH]c3n2)C1. The third-order valence-corrected chi connectivity index (χ3v) is 5.52. The Bertz CT molecular complexity index is 1230. The largest absolute Gasteiger partial charge is 0.351 e. The van der Waals surface area contributed by atoms with Crippen LogP contribution in [-0.4, -0.2) is 47.0 Å². The predicted octanol–water partition coefficient (Wildman–Crippen LogP) is 2.45. The molecule has 1 aliphatic carbocycles. The molecule has 1 saturated carbocycles. The standard InChI is InChI=1S/C20H22N8O/c1-11-26-27-17-5-4-13(10-28(11)17)15-8-21-18-16(15)9-22-19(24-18)23-14-6-20(3,7-14)25-12(2)29/h4-5,8-10,14H,6-7H2,1-3H3,(H,25,29)(H2,21,22,23,24)/t14-,20+. The number of fused-ring (bicyclic) bond motifs is 2. The molecule has 0 radical (unpaired) electrons. The Hall–Kier alpha value is -3.49. The number of aryl methyl sites for hydroxylation is 1. The van der Waals surface area contributed by atoms with Crippen molar-refractivity contribution in [2.45, 2.75) is 45.2 Å². The van der Waals surface area contributed by atoms with E-state index in [1.807, 2.05) is 42.0 Å². The van der Waals surface area contributed by atoms with Crippen LogP contribution in [0.15, 0.2) is 30.7 Å². The highest BCUT2D eigenvalue weighted by atomic mass is 16.1. The summed E-state index contributed by atoms with van der Waals surface area (Å²) in [4.78, 5) is 23.7. The Kier molecular flexibility index (Phi) is 3.80. The van der Waals surface area contributed by atoms with E-state index >= 15 is 0 Å². The highest BCUT2D eigenvalue weighted by Gasteiger charge is 2.41. The van der Waals surface area contributed by atoms with Crippen LogP contribution in [-0.2, 0) is 4.79 Å². The van der Waals surface area contributed by atoms with Gasteiger partial charge in [-0.2, -0.15) is 4.98 Å². The molecule has 1 amide bonds. The maximum atomic E-state index is 11.3. The zero-order valence-corrected chi connectivity index (χ0v) is 16.5. The number of carbonyl (C=O) groups is 1. The first-order chi connectivity index (χ1) is 13.9. The van der Waals surface area contributed by atoms with Gasteiger partial charge in [0.15, 0.2) is 5.65 Å². The summed E-state index contributed by atoms with van der Waals surface area (Å²) in [6, 6.07) is 4.22. The number of H-pyrrole nitrogens is 1. The van der Waals surface area contributed by atoms with Crippen molar-refractivity contribution in [1.82, 2.24) is 34.9 Å². The minimum atomic E-state index is -0.147. The molecule has 0 aliphatic heterocycles. The average Bonchev–Trinajstić information content (AvgIpc) is 3.23. The average molecular weight is 390 g/mol. The molecule has 1 fully saturated rings. The van der Waals surface area contributed by atoms with E-state index in [9.17, 15) is 4.79 Å². The van der Waals surface area contributed by atoms with Crippen molar-refractivity contribution in [3.05, 3.63) is 36.5 Å². The molecular formula is C20H22N8O. The lowest BCUT2D eigenvalue weighted by Crippen LogP contribution is -2.59. The Morgan fingerprint density at radius 3 is 2.93 bits per heavy atom. The second-order valence-electron chi connectivity index (χ2n) is 8.04. The topological polar surface area (TPSA) is 113 Å². The summed E-state index contributed by atoms with van der Waals surface area (Å²) in [5.41, 5.74) is 3.53. The third kappa shape index (κ3) is 3.08. The van der Waals surface area contributed by atoms with Crippen LogP contribution in [0.1, 0.15) is 32.5 Å². The van der Waals surface area contributed by atoms with Crippen molar-refractivity contribution < 1.29 is 4.79 Å². The van der Waals surface area contributed by atoms with Crippen LogP contribution in [0.3, 0.4) is 0 Å². The van der Waals surface area contributed by atoms with Gasteiger partial charge in [-0.15, -0.1) is 10.2 Å². The number of carbonyl (C=O) groups excluding carboxylic acids is 1. The minimum Gasteiger partial charge on any atom is -0.351 e. The van der Waals surface area contributed by atoms with E-state index in [1.165, 1.54) is 0 Å². The zero-order chi connectivity index (χ0) is 20.2. The van der Waals surface area contributed by atoms with Gasteiger partial charge < -0.3 is 15.6 Å². The van der Waals surface area contributed by atoms with Crippen LogP contribution in [0, 0.1) is 6.92 Å². The summed E-state index contributed by atoms with van der Waals surface area (Å²) >= 11 is 0. The molecule has 0 atom stereocenters. The monoisotopic (exact) mass is 390 g/mol. The molecule has 3 N–H and O–H groups in total. The number of aromatic nitrogens is 6. The maximum Gasteiger partial charge on any atom is 0.224 e. The molecule has 29 heavy (non-hydrogen) atoms. The number of nitrogens with one attached hydrogen (secondary N) is 3. The summed E-state index contributed by atoms with van der Waals surface area (Å²) in [7, 11) is 0. The lowest BCUT2D eigenvalue weighted by atomic mass is 9.74. The first-order valence-corrected chi connectivity index (χ1v) is 9.61. The number of nitrogens with zero attached hydrogens (tertiary/aromatic N) is 5. The van der Waals surface area contributed by atoms with E-state index < -0.39 is 0 Å². The van der Waals surface area contributed by atoms with E-state index in [1.54, 1.807) is 6.92 Å². The lowest BCUT2D eigenvalue weighted by Gasteiger charge is -2.45. The van der Waals surface area contributed by atoms with Crippen molar-refractivity contribution in [2.24, 2.45) is 0 Å².